The zero-order chi connectivity index (χ0) is 11.9. The molecule has 0 aromatic heterocycles. The van der Waals surface area contributed by atoms with Crippen molar-refractivity contribution in [3.63, 3.8) is 0 Å². The number of hydrogen-bond acceptors (Lipinski definition) is 4. The fourth-order valence-electron chi connectivity index (χ4n) is 1.05. The van der Waals surface area contributed by atoms with E-state index in [9.17, 15) is 13.2 Å². The predicted molar refractivity (Wildman–Crippen MR) is 56.0 cm³/mol. The Bertz CT molecular complexity index is 306. The summed E-state index contributed by atoms with van der Waals surface area (Å²) in [4.78, 5) is 10.8. The normalized spacial score (nSPS) is 13.2. The summed E-state index contributed by atoms with van der Waals surface area (Å²) in [5, 5.41) is 0. The Kier molecular flexibility index (Phi) is 6.19. The van der Waals surface area contributed by atoms with Crippen LogP contribution in [0.25, 0.3) is 0 Å². The van der Waals surface area contributed by atoms with E-state index < -0.39 is 16.1 Å². The van der Waals surface area contributed by atoms with Crippen molar-refractivity contribution in [3.8, 4) is 0 Å². The minimum absolute atomic E-state index is 0.266. The summed E-state index contributed by atoms with van der Waals surface area (Å²) in [6, 6.07) is 0. The number of ether oxygens (including phenoxy) is 1. The van der Waals surface area contributed by atoms with Crippen LogP contribution < -0.4 is 0 Å². The lowest BCUT2D eigenvalue weighted by Gasteiger charge is -2.14. The van der Waals surface area contributed by atoms with Gasteiger partial charge in [0.1, 0.15) is 6.10 Å². The van der Waals surface area contributed by atoms with Crippen molar-refractivity contribution >= 4 is 16.1 Å². The second-order valence-corrected chi connectivity index (χ2v) is 4.67. The fourth-order valence-corrected chi connectivity index (χ4v) is 1.58. The lowest BCUT2D eigenvalue weighted by Crippen LogP contribution is -2.17. The molecule has 1 unspecified atom stereocenters. The van der Waals surface area contributed by atoms with Crippen LogP contribution in [0.15, 0.2) is 12.7 Å². The summed E-state index contributed by atoms with van der Waals surface area (Å²) in [7, 11) is -3.92. The van der Waals surface area contributed by atoms with Gasteiger partial charge in [-0.1, -0.05) is 13.5 Å². The molecule has 0 aliphatic heterocycles. The molecule has 0 radical (unpaired) electrons. The third-order valence-corrected chi connectivity index (χ3v) is 2.64. The van der Waals surface area contributed by atoms with E-state index in [0.717, 1.165) is 6.08 Å². The largest absolute Gasteiger partial charge is 0.459 e. The molecule has 1 N–H and O–H groups in total. The van der Waals surface area contributed by atoms with Gasteiger partial charge in [-0.15, -0.1) is 0 Å². The summed E-state index contributed by atoms with van der Waals surface area (Å²) in [6.45, 7) is 5.08. The third-order valence-electron chi connectivity index (χ3n) is 1.83. The molecular weight excluding hydrogens is 220 g/mol. The van der Waals surface area contributed by atoms with Gasteiger partial charge >= 0.3 is 5.97 Å². The van der Waals surface area contributed by atoms with E-state index in [1.165, 1.54) is 0 Å². The number of carbonyl (C=O) groups excluding carboxylic acids is 1. The maximum atomic E-state index is 10.8. The van der Waals surface area contributed by atoms with Crippen molar-refractivity contribution < 1.29 is 22.5 Å². The van der Waals surface area contributed by atoms with Crippen LogP contribution in [0.3, 0.4) is 0 Å². The minimum Gasteiger partial charge on any atom is -0.459 e. The second-order valence-electron chi connectivity index (χ2n) is 3.10. The minimum atomic E-state index is -3.92. The van der Waals surface area contributed by atoms with Crippen molar-refractivity contribution in [2.45, 2.75) is 32.3 Å². The summed E-state index contributed by atoms with van der Waals surface area (Å²) in [5.74, 6) is -0.830. The fraction of sp³-hybridized carbons (Fsp3) is 0.667. The molecule has 0 aromatic rings. The Morgan fingerprint density at radius 2 is 2.20 bits per heavy atom. The Morgan fingerprint density at radius 1 is 1.60 bits per heavy atom. The van der Waals surface area contributed by atoms with E-state index >= 15 is 0 Å². The lowest BCUT2D eigenvalue weighted by molar-refractivity contribution is -0.143. The van der Waals surface area contributed by atoms with E-state index in [4.69, 9.17) is 9.29 Å². The van der Waals surface area contributed by atoms with Crippen molar-refractivity contribution in [3.05, 3.63) is 12.7 Å². The number of rotatable bonds is 7. The van der Waals surface area contributed by atoms with Crippen LogP contribution in [0.1, 0.15) is 26.2 Å². The van der Waals surface area contributed by atoms with Crippen LogP contribution in [-0.2, 0) is 19.6 Å². The van der Waals surface area contributed by atoms with E-state index in [0.29, 0.717) is 12.8 Å². The topological polar surface area (TPSA) is 80.7 Å². The molecule has 0 bridgehead atoms. The SMILES string of the molecule is C=CC(=O)OC(CC)CCCS(=O)(=O)O. The lowest BCUT2D eigenvalue weighted by atomic mass is 10.1. The van der Waals surface area contributed by atoms with Gasteiger partial charge < -0.3 is 4.74 Å². The highest BCUT2D eigenvalue weighted by molar-refractivity contribution is 7.85. The first-order valence-electron chi connectivity index (χ1n) is 4.67. The van der Waals surface area contributed by atoms with Gasteiger partial charge in [-0.2, -0.15) is 8.42 Å². The van der Waals surface area contributed by atoms with Gasteiger partial charge in [-0.25, -0.2) is 4.79 Å². The van der Waals surface area contributed by atoms with Crippen molar-refractivity contribution in [2.24, 2.45) is 0 Å². The summed E-state index contributed by atoms with van der Waals surface area (Å²) < 4.78 is 34.2. The van der Waals surface area contributed by atoms with Gasteiger partial charge in [0.2, 0.25) is 0 Å². The summed E-state index contributed by atoms with van der Waals surface area (Å²) in [6.07, 6.45) is 2.02. The average Bonchev–Trinajstić information content (AvgIpc) is 2.14. The number of hydrogen-bond donors (Lipinski definition) is 1. The Labute approximate surface area is 89.9 Å². The van der Waals surface area contributed by atoms with Crippen LogP contribution in [0.2, 0.25) is 0 Å². The molecule has 0 aliphatic carbocycles. The molecule has 0 spiro atoms. The van der Waals surface area contributed by atoms with E-state index in [-0.39, 0.29) is 18.3 Å². The molecule has 0 amide bonds. The van der Waals surface area contributed by atoms with Crippen LogP contribution in [0.4, 0.5) is 0 Å². The first kappa shape index (κ1) is 14.1. The molecular formula is C9H16O5S. The molecule has 0 heterocycles. The predicted octanol–water partition coefficient (Wildman–Crippen LogP) is 1.16. The molecule has 0 rings (SSSR count). The van der Waals surface area contributed by atoms with Crippen LogP contribution in [0, 0.1) is 0 Å². The zero-order valence-corrected chi connectivity index (χ0v) is 9.50. The van der Waals surface area contributed by atoms with Crippen LogP contribution in [-0.4, -0.2) is 30.8 Å². The summed E-state index contributed by atoms with van der Waals surface area (Å²) >= 11 is 0. The van der Waals surface area contributed by atoms with Gasteiger partial charge in [0.15, 0.2) is 0 Å². The Balaban J connectivity index is 3.91. The van der Waals surface area contributed by atoms with Gasteiger partial charge in [-0.3, -0.25) is 4.55 Å². The molecule has 0 aromatic carbocycles. The first-order valence-corrected chi connectivity index (χ1v) is 6.28. The van der Waals surface area contributed by atoms with Crippen molar-refractivity contribution in [2.75, 3.05) is 5.75 Å². The van der Waals surface area contributed by atoms with Crippen molar-refractivity contribution in [1.82, 2.24) is 0 Å². The molecule has 5 nitrogen and oxygen atoms in total. The van der Waals surface area contributed by atoms with Gasteiger partial charge in [-0.05, 0) is 19.3 Å². The maximum Gasteiger partial charge on any atom is 0.330 e. The van der Waals surface area contributed by atoms with Gasteiger partial charge in [0, 0.05) is 6.08 Å². The monoisotopic (exact) mass is 236 g/mol. The number of esters is 1. The highest BCUT2D eigenvalue weighted by atomic mass is 32.2. The molecule has 1 atom stereocenters. The highest BCUT2D eigenvalue weighted by Crippen LogP contribution is 2.08. The molecule has 0 aliphatic rings. The Morgan fingerprint density at radius 3 is 2.60 bits per heavy atom. The maximum absolute atomic E-state index is 10.8. The highest BCUT2D eigenvalue weighted by Gasteiger charge is 2.12. The van der Waals surface area contributed by atoms with Gasteiger partial charge in [0.05, 0.1) is 5.75 Å². The Hall–Kier alpha value is -0.880. The molecule has 0 saturated heterocycles. The van der Waals surface area contributed by atoms with Crippen LogP contribution in [0.5, 0.6) is 0 Å². The number of carbonyl (C=O) groups is 1. The third kappa shape index (κ3) is 8.14. The standard InChI is InChI=1S/C9H16O5S/c1-3-8(14-9(10)4-2)6-5-7-15(11,12)13/h4,8H,2-3,5-7H2,1H3,(H,11,12,13). The van der Waals surface area contributed by atoms with Gasteiger partial charge in [0.25, 0.3) is 10.1 Å². The molecule has 6 heteroatoms. The van der Waals surface area contributed by atoms with Crippen LogP contribution >= 0.6 is 0 Å². The molecule has 88 valence electrons. The molecule has 0 fully saturated rings. The van der Waals surface area contributed by atoms with E-state index in [1.807, 2.05) is 6.92 Å². The first-order chi connectivity index (χ1) is 6.89. The van der Waals surface area contributed by atoms with E-state index in [2.05, 4.69) is 6.58 Å². The van der Waals surface area contributed by atoms with Crippen molar-refractivity contribution in [1.29, 1.82) is 0 Å². The average molecular weight is 236 g/mol. The smallest absolute Gasteiger partial charge is 0.330 e. The molecule has 15 heavy (non-hydrogen) atoms. The van der Waals surface area contributed by atoms with E-state index in [1.54, 1.807) is 0 Å². The molecule has 0 saturated carbocycles. The quantitative estimate of drug-likeness (QED) is 0.407. The zero-order valence-electron chi connectivity index (χ0n) is 8.68. The second kappa shape index (κ2) is 6.58. The summed E-state index contributed by atoms with van der Waals surface area (Å²) in [5.41, 5.74) is 0.